The summed E-state index contributed by atoms with van der Waals surface area (Å²) in [7, 11) is -3.87. The highest BCUT2D eigenvalue weighted by molar-refractivity contribution is 8.00. The van der Waals surface area contributed by atoms with Crippen LogP contribution in [0.2, 0.25) is 0 Å². The summed E-state index contributed by atoms with van der Waals surface area (Å²) in [6.45, 7) is 0. The van der Waals surface area contributed by atoms with Crippen LogP contribution < -0.4 is 10.9 Å². The fraction of sp³-hybridized carbons (Fsp3) is 0.500. The first-order valence-corrected chi connectivity index (χ1v) is 9.60. The molecule has 0 aliphatic rings. The number of rotatable bonds is 7. The molecule has 0 aliphatic heterocycles. The molecule has 0 saturated heterocycles. The summed E-state index contributed by atoms with van der Waals surface area (Å²) in [6.07, 6.45) is 2.38. The molecule has 102 valence electrons. The first kappa shape index (κ1) is 15.8. The highest BCUT2D eigenvalue weighted by atomic mass is 32.2. The normalized spacial score (nSPS) is 12.9. The number of hydrogen-bond donors (Lipinski definition) is 2. The lowest BCUT2D eigenvalue weighted by molar-refractivity contribution is 0.599. The van der Waals surface area contributed by atoms with Crippen LogP contribution in [0.3, 0.4) is 0 Å². The lowest BCUT2D eigenvalue weighted by Crippen LogP contribution is -2.19. The standard InChI is InChI=1S/C8H14N4O2S4/c1-15-8-11-6(5-17-8)4-16-3-2-7(9)12-18(10,13)14/h5H,2-4H2,1H3,(H2,9,12)(H2,10,13,14). The molecule has 0 atom stereocenters. The van der Waals surface area contributed by atoms with Gasteiger partial charge in [-0.25, -0.2) is 10.1 Å². The zero-order valence-electron chi connectivity index (χ0n) is 9.70. The Hall–Kier alpha value is -0.290. The van der Waals surface area contributed by atoms with Gasteiger partial charge in [0.1, 0.15) is 10.2 Å². The fourth-order valence-corrected chi connectivity index (χ4v) is 3.67. The van der Waals surface area contributed by atoms with Crippen molar-refractivity contribution in [3.8, 4) is 0 Å². The lowest BCUT2D eigenvalue weighted by atomic mass is 10.5. The molecule has 0 aliphatic carbocycles. The molecule has 1 heterocycles. The quantitative estimate of drug-likeness (QED) is 0.335. The van der Waals surface area contributed by atoms with Gasteiger partial charge in [-0.15, -0.1) is 15.7 Å². The van der Waals surface area contributed by atoms with Gasteiger partial charge in [0, 0.05) is 23.3 Å². The summed E-state index contributed by atoms with van der Waals surface area (Å²) < 4.78 is 25.5. The van der Waals surface area contributed by atoms with E-state index in [-0.39, 0.29) is 5.84 Å². The highest BCUT2D eigenvalue weighted by Crippen LogP contribution is 2.22. The second-order valence-electron chi connectivity index (χ2n) is 3.21. The van der Waals surface area contributed by atoms with E-state index < -0.39 is 10.2 Å². The zero-order valence-corrected chi connectivity index (χ0v) is 13.0. The van der Waals surface area contributed by atoms with Crippen molar-refractivity contribution in [1.82, 2.24) is 4.98 Å². The van der Waals surface area contributed by atoms with Crippen molar-refractivity contribution in [1.29, 1.82) is 0 Å². The number of amidine groups is 1. The summed E-state index contributed by atoms with van der Waals surface area (Å²) in [6, 6.07) is 0. The van der Waals surface area contributed by atoms with E-state index in [1.54, 1.807) is 34.9 Å². The molecule has 1 rings (SSSR count). The maximum absolute atomic E-state index is 10.6. The van der Waals surface area contributed by atoms with Crippen LogP contribution in [0.15, 0.2) is 14.1 Å². The van der Waals surface area contributed by atoms with E-state index in [1.165, 1.54) is 0 Å². The van der Waals surface area contributed by atoms with Crippen molar-refractivity contribution in [2.45, 2.75) is 16.5 Å². The van der Waals surface area contributed by atoms with Crippen molar-refractivity contribution in [2.75, 3.05) is 12.0 Å². The monoisotopic (exact) mass is 326 g/mol. The number of thioether (sulfide) groups is 2. The molecule has 0 saturated carbocycles. The van der Waals surface area contributed by atoms with Gasteiger partial charge < -0.3 is 5.73 Å². The predicted octanol–water partition coefficient (Wildman–Crippen LogP) is 1.05. The summed E-state index contributed by atoms with van der Waals surface area (Å²) in [5.74, 6) is 1.49. The number of aromatic nitrogens is 1. The predicted molar refractivity (Wildman–Crippen MR) is 79.4 cm³/mol. The van der Waals surface area contributed by atoms with Crippen molar-refractivity contribution < 1.29 is 8.42 Å². The van der Waals surface area contributed by atoms with Gasteiger partial charge in [0.05, 0.1) is 5.69 Å². The Bertz CT molecular complexity index is 511. The Morgan fingerprint density at radius 3 is 2.89 bits per heavy atom. The van der Waals surface area contributed by atoms with Crippen LogP contribution in [0.25, 0.3) is 0 Å². The van der Waals surface area contributed by atoms with Gasteiger partial charge in [0.2, 0.25) is 0 Å². The summed E-state index contributed by atoms with van der Waals surface area (Å²) in [5, 5.41) is 6.75. The third-order valence-corrected chi connectivity index (χ3v) is 5.10. The molecule has 1 aromatic heterocycles. The number of thiazole rings is 1. The molecule has 6 nitrogen and oxygen atoms in total. The molecule has 10 heteroatoms. The van der Waals surface area contributed by atoms with Gasteiger partial charge >= 0.3 is 10.2 Å². The molecule has 1 aromatic rings. The second kappa shape index (κ2) is 7.34. The van der Waals surface area contributed by atoms with E-state index in [1.807, 2.05) is 11.6 Å². The largest absolute Gasteiger partial charge is 0.386 e. The third kappa shape index (κ3) is 6.59. The third-order valence-electron chi connectivity index (χ3n) is 1.70. The van der Waals surface area contributed by atoms with Gasteiger partial charge in [0.25, 0.3) is 0 Å². The van der Waals surface area contributed by atoms with Crippen molar-refractivity contribution in [3.05, 3.63) is 11.1 Å². The van der Waals surface area contributed by atoms with Gasteiger partial charge in [0.15, 0.2) is 0 Å². The molecular weight excluding hydrogens is 312 g/mol. The Morgan fingerprint density at radius 2 is 2.33 bits per heavy atom. The Balaban J connectivity index is 2.29. The molecule has 0 radical (unpaired) electrons. The van der Waals surface area contributed by atoms with Gasteiger partial charge in [-0.2, -0.15) is 20.2 Å². The molecule has 0 amide bonds. The topological polar surface area (TPSA) is 111 Å². The van der Waals surface area contributed by atoms with E-state index in [2.05, 4.69) is 9.38 Å². The average Bonchev–Trinajstić information content (AvgIpc) is 2.70. The van der Waals surface area contributed by atoms with Crippen molar-refractivity contribution in [2.24, 2.45) is 15.3 Å². The Morgan fingerprint density at radius 1 is 1.61 bits per heavy atom. The SMILES string of the molecule is CSc1nc(CSCCC(N)=NS(N)(=O)=O)cs1. The van der Waals surface area contributed by atoms with Crippen molar-refractivity contribution in [3.63, 3.8) is 0 Å². The number of nitrogens with two attached hydrogens (primary N) is 2. The lowest BCUT2D eigenvalue weighted by Gasteiger charge is -1.99. The first-order valence-electron chi connectivity index (χ1n) is 4.84. The zero-order chi connectivity index (χ0) is 13.6. The average molecular weight is 326 g/mol. The van der Waals surface area contributed by atoms with Crippen molar-refractivity contribution >= 4 is 50.9 Å². The van der Waals surface area contributed by atoms with Gasteiger partial charge in [-0.3, -0.25) is 0 Å². The van der Waals surface area contributed by atoms with Crippen LogP contribution in [-0.4, -0.2) is 31.2 Å². The molecule has 0 bridgehead atoms. The van der Waals surface area contributed by atoms with Crippen LogP contribution in [0.5, 0.6) is 0 Å². The van der Waals surface area contributed by atoms with Crippen LogP contribution in [-0.2, 0) is 16.0 Å². The molecule has 4 N–H and O–H groups in total. The maximum atomic E-state index is 10.6. The van der Waals surface area contributed by atoms with E-state index >= 15 is 0 Å². The maximum Gasteiger partial charge on any atom is 0.318 e. The molecule has 0 fully saturated rings. The molecule has 0 aromatic carbocycles. The smallest absolute Gasteiger partial charge is 0.318 e. The highest BCUT2D eigenvalue weighted by Gasteiger charge is 2.03. The van der Waals surface area contributed by atoms with Gasteiger partial charge in [-0.05, 0) is 6.26 Å². The molecule has 0 spiro atoms. The van der Waals surface area contributed by atoms with Gasteiger partial charge in [-0.1, -0.05) is 11.8 Å². The minimum atomic E-state index is -3.87. The fourth-order valence-electron chi connectivity index (χ4n) is 1.01. The summed E-state index contributed by atoms with van der Waals surface area (Å²) in [4.78, 5) is 4.39. The minimum Gasteiger partial charge on any atom is -0.386 e. The van der Waals surface area contributed by atoms with E-state index in [9.17, 15) is 8.42 Å². The summed E-state index contributed by atoms with van der Waals surface area (Å²) >= 11 is 4.86. The molecular formula is C8H14N4O2S4. The molecule has 0 unspecified atom stereocenters. The summed E-state index contributed by atoms with van der Waals surface area (Å²) in [5.41, 5.74) is 6.45. The molecule has 18 heavy (non-hydrogen) atoms. The number of nitrogens with zero attached hydrogens (tertiary/aromatic N) is 2. The van der Waals surface area contributed by atoms with Crippen LogP contribution >= 0.6 is 34.9 Å². The minimum absolute atomic E-state index is 0.0353. The van der Waals surface area contributed by atoms with Crippen LogP contribution in [0.4, 0.5) is 0 Å². The Labute approximate surface area is 119 Å². The number of hydrogen-bond acceptors (Lipinski definition) is 6. The van der Waals surface area contributed by atoms with E-state index in [0.29, 0.717) is 12.2 Å². The second-order valence-corrected chi connectivity index (χ2v) is 7.44. The Kier molecular flexibility index (Phi) is 6.43. The van der Waals surface area contributed by atoms with E-state index in [4.69, 9.17) is 10.9 Å². The van der Waals surface area contributed by atoms with Crippen LogP contribution in [0, 0.1) is 0 Å². The first-order chi connectivity index (χ1) is 8.40. The van der Waals surface area contributed by atoms with Crippen LogP contribution in [0.1, 0.15) is 12.1 Å². The van der Waals surface area contributed by atoms with E-state index in [0.717, 1.165) is 15.8 Å².